The summed E-state index contributed by atoms with van der Waals surface area (Å²) in [6, 6.07) is 8.35. The van der Waals surface area contributed by atoms with E-state index in [-0.39, 0.29) is 20.3 Å². The van der Waals surface area contributed by atoms with Gasteiger partial charge in [-0.3, -0.25) is 9.36 Å². The molecule has 0 aliphatic rings. The minimum absolute atomic E-state index is 0.0693. The molecule has 1 heterocycles. The van der Waals surface area contributed by atoms with Crippen LogP contribution < -0.4 is 5.56 Å². The van der Waals surface area contributed by atoms with Crippen LogP contribution in [0.1, 0.15) is 0 Å². The Hall–Kier alpha value is -1.86. The van der Waals surface area contributed by atoms with Crippen LogP contribution >= 0.6 is 28.1 Å². The Labute approximate surface area is 131 Å². The molecule has 0 aliphatic carbocycles. The van der Waals surface area contributed by atoms with Gasteiger partial charge < -0.3 is 4.98 Å². The molecule has 0 aliphatic heterocycles. The fourth-order valence-electron chi connectivity index (χ4n) is 2.08. The number of H-pyrrole nitrogens is 1. The van der Waals surface area contributed by atoms with Gasteiger partial charge in [-0.1, -0.05) is 6.07 Å². The summed E-state index contributed by atoms with van der Waals surface area (Å²) >= 11 is 8.15. The smallest absolute Gasteiger partial charge is 0.269 e. The van der Waals surface area contributed by atoms with Crippen LogP contribution in [0.15, 0.2) is 45.7 Å². The lowest BCUT2D eigenvalue weighted by molar-refractivity contribution is 0.619. The van der Waals surface area contributed by atoms with Gasteiger partial charge in [-0.15, -0.1) is 0 Å². The van der Waals surface area contributed by atoms with E-state index in [1.165, 1.54) is 24.3 Å². The van der Waals surface area contributed by atoms with Crippen molar-refractivity contribution in [2.45, 2.75) is 0 Å². The Balaban J connectivity index is 2.43. The molecule has 0 saturated heterocycles. The Morgan fingerprint density at radius 2 is 1.90 bits per heavy atom. The second-order valence-electron chi connectivity index (χ2n) is 4.33. The first-order chi connectivity index (χ1) is 9.99. The first-order valence-corrected chi connectivity index (χ1v) is 7.08. The Morgan fingerprint density at radius 3 is 2.62 bits per heavy atom. The van der Waals surface area contributed by atoms with Gasteiger partial charge in [-0.05, 0) is 58.5 Å². The van der Waals surface area contributed by atoms with E-state index >= 15 is 0 Å². The number of benzene rings is 2. The molecule has 3 nitrogen and oxygen atoms in total. The zero-order chi connectivity index (χ0) is 15.1. The van der Waals surface area contributed by atoms with E-state index in [0.717, 1.165) is 10.6 Å². The Kier molecular flexibility index (Phi) is 3.46. The number of hydrogen-bond donors (Lipinski definition) is 1. The van der Waals surface area contributed by atoms with Crippen LogP contribution in [0.2, 0.25) is 0 Å². The van der Waals surface area contributed by atoms with Crippen molar-refractivity contribution in [1.82, 2.24) is 9.55 Å². The number of hydrogen-bond acceptors (Lipinski definition) is 2. The molecule has 3 rings (SSSR count). The first kappa shape index (κ1) is 14.1. The molecule has 0 radical (unpaired) electrons. The van der Waals surface area contributed by atoms with Crippen LogP contribution in [-0.4, -0.2) is 9.55 Å². The summed E-state index contributed by atoms with van der Waals surface area (Å²) in [4.78, 5) is 15.2. The number of nitrogens with zero attached hydrogens (tertiary/aromatic N) is 1. The molecule has 0 atom stereocenters. The molecule has 7 heteroatoms. The fourth-order valence-corrected chi connectivity index (χ4v) is 2.62. The average molecular weight is 369 g/mol. The normalized spacial score (nSPS) is 11.0. The van der Waals surface area contributed by atoms with Gasteiger partial charge in [0.25, 0.3) is 5.56 Å². The third-order valence-corrected chi connectivity index (χ3v) is 3.96. The zero-order valence-electron chi connectivity index (χ0n) is 10.4. The summed E-state index contributed by atoms with van der Waals surface area (Å²) in [5, 5.41) is -0.116. The maximum Gasteiger partial charge on any atom is 0.269 e. The van der Waals surface area contributed by atoms with Gasteiger partial charge in [-0.2, -0.15) is 0 Å². The minimum Gasteiger partial charge on any atom is -0.331 e. The largest absolute Gasteiger partial charge is 0.331 e. The number of halogens is 3. The summed E-state index contributed by atoms with van der Waals surface area (Å²) in [5.41, 5.74) is -0.0977. The van der Waals surface area contributed by atoms with Gasteiger partial charge in [0.15, 0.2) is 4.77 Å². The van der Waals surface area contributed by atoms with E-state index in [9.17, 15) is 13.6 Å². The third kappa shape index (κ3) is 2.32. The lowest BCUT2D eigenvalue weighted by Crippen LogP contribution is -2.21. The lowest BCUT2D eigenvalue weighted by Gasteiger charge is -2.09. The molecular weight excluding hydrogens is 362 g/mol. The predicted octanol–water partition coefficient (Wildman–Crippen LogP) is 4.09. The van der Waals surface area contributed by atoms with Crippen LogP contribution in [0.4, 0.5) is 8.78 Å². The number of nitrogens with one attached hydrogen (secondary N) is 1. The maximum atomic E-state index is 13.9. The summed E-state index contributed by atoms with van der Waals surface area (Å²) in [6.07, 6.45) is 0. The van der Waals surface area contributed by atoms with Crippen molar-refractivity contribution in [3.63, 3.8) is 0 Å². The van der Waals surface area contributed by atoms with Crippen molar-refractivity contribution >= 4 is 39.1 Å². The monoisotopic (exact) mass is 368 g/mol. The van der Waals surface area contributed by atoms with Gasteiger partial charge in [0.1, 0.15) is 11.6 Å². The first-order valence-electron chi connectivity index (χ1n) is 5.88. The van der Waals surface area contributed by atoms with Crippen molar-refractivity contribution in [1.29, 1.82) is 0 Å². The topological polar surface area (TPSA) is 37.8 Å². The molecule has 106 valence electrons. The van der Waals surface area contributed by atoms with Crippen LogP contribution in [-0.2, 0) is 0 Å². The molecule has 0 amide bonds. The van der Waals surface area contributed by atoms with Gasteiger partial charge in [-0.25, -0.2) is 8.78 Å². The summed E-state index contributed by atoms with van der Waals surface area (Å²) in [6.45, 7) is 0. The van der Waals surface area contributed by atoms with Crippen LogP contribution in [0.3, 0.4) is 0 Å². The van der Waals surface area contributed by atoms with Crippen LogP contribution in [0, 0.1) is 16.4 Å². The van der Waals surface area contributed by atoms with E-state index < -0.39 is 17.2 Å². The third-order valence-electron chi connectivity index (χ3n) is 3.04. The lowest BCUT2D eigenvalue weighted by atomic mass is 10.2. The molecule has 0 spiro atoms. The van der Waals surface area contributed by atoms with E-state index in [0.29, 0.717) is 5.52 Å². The summed E-state index contributed by atoms with van der Waals surface area (Å²) in [7, 11) is 0. The molecule has 2 aromatic carbocycles. The van der Waals surface area contributed by atoms with Crippen LogP contribution in [0.5, 0.6) is 0 Å². The number of rotatable bonds is 1. The number of fused-ring (bicyclic) bond motifs is 1. The van der Waals surface area contributed by atoms with E-state index in [2.05, 4.69) is 20.9 Å². The maximum absolute atomic E-state index is 13.9. The number of aromatic nitrogens is 2. The second kappa shape index (κ2) is 5.16. The van der Waals surface area contributed by atoms with Crippen LogP contribution in [0.25, 0.3) is 16.6 Å². The molecule has 0 fully saturated rings. The molecule has 0 unspecified atom stereocenters. The summed E-state index contributed by atoms with van der Waals surface area (Å²) < 4.78 is 28.9. The highest BCUT2D eigenvalue weighted by atomic mass is 79.9. The Morgan fingerprint density at radius 1 is 1.14 bits per heavy atom. The fraction of sp³-hybridized carbons (Fsp3) is 0. The molecule has 1 N–H and O–H groups in total. The average Bonchev–Trinajstić information content (AvgIpc) is 2.42. The highest BCUT2D eigenvalue weighted by molar-refractivity contribution is 9.10. The van der Waals surface area contributed by atoms with Crippen molar-refractivity contribution in [2.24, 2.45) is 0 Å². The van der Waals surface area contributed by atoms with Crippen molar-refractivity contribution in [3.8, 4) is 5.69 Å². The molecule has 0 saturated carbocycles. The van der Waals surface area contributed by atoms with Crippen molar-refractivity contribution < 1.29 is 8.78 Å². The van der Waals surface area contributed by atoms with E-state index in [1.54, 1.807) is 6.07 Å². The SMILES string of the molecule is O=c1c2c(F)cccc2[nH]c(=S)n1-c1ccc(Br)c(F)c1. The second-order valence-corrected chi connectivity index (χ2v) is 5.57. The Bertz CT molecular complexity index is 981. The molecule has 3 aromatic rings. The standard InChI is InChI=1S/C14H7BrF2N2OS/c15-8-5-4-7(6-10(8)17)19-13(20)12-9(16)2-1-3-11(12)18-14(19)21/h1-6H,(H,18,21). The minimum atomic E-state index is -0.657. The molecule has 21 heavy (non-hydrogen) atoms. The van der Waals surface area contributed by atoms with Gasteiger partial charge in [0, 0.05) is 0 Å². The highest BCUT2D eigenvalue weighted by Crippen LogP contribution is 2.19. The van der Waals surface area contributed by atoms with Crippen molar-refractivity contribution in [2.75, 3.05) is 0 Å². The summed E-state index contributed by atoms with van der Waals surface area (Å²) in [5.74, 6) is -1.20. The molecule has 0 bridgehead atoms. The van der Waals surface area contributed by atoms with Crippen molar-refractivity contribution in [3.05, 3.63) is 67.6 Å². The van der Waals surface area contributed by atoms with E-state index in [4.69, 9.17) is 12.2 Å². The number of aromatic amines is 1. The van der Waals surface area contributed by atoms with E-state index in [1.807, 2.05) is 0 Å². The molecular formula is C14H7BrF2N2OS. The van der Waals surface area contributed by atoms with Gasteiger partial charge in [0.05, 0.1) is 21.1 Å². The predicted molar refractivity (Wildman–Crippen MR) is 82.3 cm³/mol. The zero-order valence-corrected chi connectivity index (χ0v) is 12.8. The quantitative estimate of drug-likeness (QED) is 0.657. The highest BCUT2D eigenvalue weighted by Gasteiger charge is 2.12. The van der Waals surface area contributed by atoms with Gasteiger partial charge >= 0.3 is 0 Å². The van der Waals surface area contributed by atoms with Gasteiger partial charge in [0.2, 0.25) is 0 Å². The molecule has 1 aromatic heterocycles.